The predicted molar refractivity (Wildman–Crippen MR) is 91.0 cm³/mol. The number of halogens is 2. The molecule has 0 heterocycles. The van der Waals surface area contributed by atoms with Gasteiger partial charge in [-0.1, -0.05) is 53.5 Å². The summed E-state index contributed by atoms with van der Waals surface area (Å²) in [4.78, 5) is 11.9. The summed E-state index contributed by atoms with van der Waals surface area (Å²) in [5.41, 5.74) is 1.54. The zero-order valence-electron chi connectivity index (χ0n) is 10.9. The number of thiocarbonyl (C=S) groups is 1. The van der Waals surface area contributed by atoms with Gasteiger partial charge >= 0.3 is 0 Å². The maximum absolute atomic E-state index is 11.9. The molecule has 0 aromatic heterocycles. The first-order valence-corrected chi connectivity index (χ1v) is 7.30. The molecule has 0 fully saturated rings. The van der Waals surface area contributed by atoms with Gasteiger partial charge in [-0.15, -0.1) is 0 Å². The van der Waals surface area contributed by atoms with Gasteiger partial charge in [-0.2, -0.15) is 0 Å². The topological polar surface area (TPSA) is 41.1 Å². The van der Waals surface area contributed by atoms with Crippen molar-refractivity contribution in [1.29, 1.82) is 0 Å². The van der Waals surface area contributed by atoms with Crippen molar-refractivity contribution in [3.8, 4) is 0 Å². The van der Waals surface area contributed by atoms with E-state index in [1.54, 1.807) is 18.2 Å². The Balaban J connectivity index is 1.91. The number of amides is 1. The van der Waals surface area contributed by atoms with Gasteiger partial charge in [0.1, 0.15) is 0 Å². The molecule has 1 amide bonds. The van der Waals surface area contributed by atoms with Crippen molar-refractivity contribution >= 4 is 52.1 Å². The van der Waals surface area contributed by atoms with E-state index in [1.807, 2.05) is 30.3 Å². The van der Waals surface area contributed by atoms with E-state index in [9.17, 15) is 4.79 Å². The Morgan fingerprint density at radius 3 is 2.29 bits per heavy atom. The van der Waals surface area contributed by atoms with Crippen LogP contribution in [-0.2, 0) is 11.2 Å². The van der Waals surface area contributed by atoms with Crippen molar-refractivity contribution in [2.45, 2.75) is 6.42 Å². The lowest BCUT2D eigenvalue weighted by Crippen LogP contribution is -2.35. The van der Waals surface area contributed by atoms with Gasteiger partial charge in [-0.3, -0.25) is 4.79 Å². The number of carbonyl (C=O) groups excluding carboxylic acids is 1. The van der Waals surface area contributed by atoms with Gasteiger partial charge in [0.05, 0.1) is 6.42 Å². The lowest BCUT2D eigenvalue weighted by Gasteiger charge is -2.10. The number of anilines is 1. The van der Waals surface area contributed by atoms with Crippen molar-refractivity contribution in [1.82, 2.24) is 5.32 Å². The smallest absolute Gasteiger partial charge is 0.230 e. The first-order valence-electron chi connectivity index (χ1n) is 6.14. The molecule has 0 bridgehead atoms. The summed E-state index contributed by atoms with van der Waals surface area (Å²) in [5, 5.41) is 6.66. The molecular weight excluding hydrogens is 327 g/mol. The van der Waals surface area contributed by atoms with Gasteiger partial charge < -0.3 is 10.6 Å². The fourth-order valence-corrected chi connectivity index (χ4v) is 2.50. The second-order valence-corrected chi connectivity index (χ2v) is 5.60. The number of hydrogen-bond donors (Lipinski definition) is 2. The molecule has 21 heavy (non-hydrogen) atoms. The molecular formula is C15H12Cl2N2OS. The summed E-state index contributed by atoms with van der Waals surface area (Å²) >= 11 is 16.9. The number of nitrogens with one attached hydrogen (secondary N) is 2. The molecule has 3 nitrogen and oxygen atoms in total. The fourth-order valence-electron chi connectivity index (χ4n) is 1.74. The van der Waals surface area contributed by atoms with Crippen LogP contribution in [0.4, 0.5) is 5.69 Å². The molecule has 0 saturated carbocycles. The zero-order valence-corrected chi connectivity index (χ0v) is 13.2. The first kappa shape index (κ1) is 15.8. The standard InChI is InChI=1S/C15H12Cl2N2OS/c16-11-7-12(17)9-13(8-11)18-15(21)19-14(20)6-10-4-2-1-3-5-10/h1-5,7-9H,6H2,(H2,18,19,20,21). The van der Waals surface area contributed by atoms with Crippen molar-refractivity contribution in [2.24, 2.45) is 0 Å². The lowest BCUT2D eigenvalue weighted by atomic mass is 10.1. The van der Waals surface area contributed by atoms with Crippen LogP contribution in [0.1, 0.15) is 5.56 Å². The number of rotatable bonds is 3. The number of hydrogen-bond acceptors (Lipinski definition) is 2. The summed E-state index contributed by atoms with van der Waals surface area (Å²) in [7, 11) is 0. The number of carbonyl (C=O) groups is 1. The molecule has 2 aromatic carbocycles. The summed E-state index contributed by atoms with van der Waals surface area (Å²) in [6, 6.07) is 14.4. The van der Waals surface area contributed by atoms with Crippen LogP contribution < -0.4 is 10.6 Å². The quantitative estimate of drug-likeness (QED) is 0.829. The van der Waals surface area contributed by atoms with Gasteiger partial charge in [0, 0.05) is 15.7 Å². The van der Waals surface area contributed by atoms with E-state index < -0.39 is 0 Å². The molecule has 0 saturated heterocycles. The maximum atomic E-state index is 11.9. The molecule has 2 aromatic rings. The van der Waals surface area contributed by atoms with Crippen LogP contribution in [0.5, 0.6) is 0 Å². The first-order chi connectivity index (χ1) is 10.0. The van der Waals surface area contributed by atoms with E-state index in [0.717, 1.165) is 5.56 Å². The monoisotopic (exact) mass is 338 g/mol. The molecule has 0 spiro atoms. The van der Waals surface area contributed by atoms with E-state index in [1.165, 1.54) is 0 Å². The second-order valence-electron chi connectivity index (χ2n) is 4.32. The molecule has 2 rings (SSSR count). The molecule has 108 valence electrons. The number of benzene rings is 2. The van der Waals surface area contributed by atoms with Gasteiger partial charge in [-0.05, 0) is 36.0 Å². The van der Waals surface area contributed by atoms with Crippen molar-refractivity contribution in [3.63, 3.8) is 0 Å². The molecule has 0 radical (unpaired) electrons. The third-order valence-corrected chi connectivity index (χ3v) is 3.22. The van der Waals surface area contributed by atoms with Crippen molar-refractivity contribution < 1.29 is 4.79 Å². The molecule has 2 N–H and O–H groups in total. The average Bonchev–Trinajstić information content (AvgIpc) is 2.37. The Hall–Kier alpha value is -1.62. The summed E-state index contributed by atoms with van der Waals surface area (Å²) < 4.78 is 0. The molecule has 0 aliphatic heterocycles. The Morgan fingerprint density at radius 1 is 1.05 bits per heavy atom. The fraction of sp³-hybridized carbons (Fsp3) is 0.0667. The van der Waals surface area contributed by atoms with E-state index in [2.05, 4.69) is 10.6 Å². The second kappa shape index (κ2) is 7.41. The zero-order chi connectivity index (χ0) is 15.2. The Morgan fingerprint density at radius 2 is 1.67 bits per heavy atom. The van der Waals surface area contributed by atoms with Gasteiger partial charge in [0.25, 0.3) is 0 Å². The van der Waals surface area contributed by atoms with Crippen molar-refractivity contribution in [2.75, 3.05) is 5.32 Å². The van der Waals surface area contributed by atoms with Crippen molar-refractivity contribution in [3.05, 3.63) is 64.1 Å². The van der Waals surface area contributed by atoms with E-state index in [-0.39, 0.29) is 17.4 Å². The Labute approximate surface area is 138 Å². The minimum atomic E-state index is -0.188. The molecule has 0 aliphatic rings. The largest absolute Gasteiger partial charge is 0.332 e. The highest BCUT2D eigenvalue weighted by Crippen LogP contribution is 2.22. The average molecular weight is 339 g/mol. The Bertz CT molecular complexity index is 642. The van der Waals surface area contributed by atoms with Gasteiger partial charge in [0.2, 0.25) is 5.91 Å². The minimum absolute atomic E-state index is 0.188. The van der Waals surface area contributed by atoms with E-state index in [4.69, 9.17) is 35.4 Å². The van der Waals surface area contributed by atoms with Crippen LogP contribution in [-0.4, -0.2) is 11.0 Å². The molecule has 6 heteroatoms. The highest BCUT2D eigenvalue weighted by Gasteiger charge is 2.06. The Kier molecular flexibility index (Phi) is 5.56. The highest BCUT2D eigenvalue weighted by molar-refractivity contribution is 7.80. The molecule has 0 aliphatic carbocycles. The van der Waals surface area contributed by atoms with E-state index >= 15 is 0 Å². The lowest BCUT2D eigenvalue weighted by molar-refractivity contribution is -0.119. The van der Waals surface area contributed by atoms with Gasteiger partial charge in [0.15, 0.2) is 5.11 Å². The predicted octanol–water partition coefficient (Wildman–Crippen LogP) is 4.05. The van der Waals surface area contributed by atoms with Gasteiger partial charge in [-0.25, -0.2) is 0 Å². The summed E-state index contributed by atoms with van der Waals surface area (Å²) in [6.45, 7) is 0. The molecule has 0 atom stereocenters. The van der Waals surface area contributed by atoms with Crippen LogP contribution in [0.3, 0.4) is 0 Å². The van der Waals surface area contributed by atoms with E-state index in [0.29, 0.717) is 15.7 Å². The summed E-state index contributed by atoms with van der Waals surface area (Å²) in [5.74, 6) is -0.188. The maximum Gasteiger partial charge on any atom is 0.230 e. The third kappa shape index (κ3) is 5.34. The molecule has 0 unspecified atom stereocenters. The normalized spacial score (nSPS) is 10.0. The van der Waals surface area contributed by atoms with Crippen LogP contribution >= 0.6 is 35.4 Å². The third-order valence-electron chi connectivity index (χ3n) is 2.58. The van der Waals surface area contributed by atoms with Crippen LogP contribution in [0.15, 0.2) is 48.5 Å². The van der Waals surface area contributed by atoms with Crippen LogP contribution in [0, 0.1) is 0 Å². The van der Waals surface area contributed by atoms with Crippen LogP contribution in [0.25, 0.3) is 0 Å². The summed E-state index contributed by atoms with van der Waals surface area (Å²) in [6.07, 6.45) is 0.263. The highest BCUT2D eigenvalue weighted by atomic mass is 35.5. The minimum Gasteiger partial charge on any atom is -0.332 e. The van der Waals surface area contributed by atoms with Crippen LogP contribution in [0.2, 0.25) is 10.0 Å². The SMILES string of the molecule is O=C(Cc1ccccc1)NC(=S)Nc1cc(Cl)cc(Cl)c1.